The van der Waals surface area contributed by atoms with Gasteiger partial charge in [0.05, 0.1) is 6.61 Å². The summed E-state index contributed by atoms with van der Waals surface area (Å²) in [6.07, 6.45) is 0.220. The van der Waals surface area contributed by atoms with E-state index in [9.17, 15) is 9.59 Å². The molecule has 0 aromatic heterocycles. The van der Waals surface area contributed by atoms with Crippen molar-refractivity contribution < 1.29 is 19.2 Å². The Bertz CT molecular complexity index is 139. The van der Waals surface area contributed by atoms with Crippen molar-refractivity contribution in [3.05, 3.63) is 0 Å². The fourth-order valence-electron chi connectivity index (χ4n) is 0.514. The lowest BCUT2D eigenvalue weighted by atomic mass is 10.3. The van der Waals surface area contributed by atoms with Crippen molar-refractivity contribution in [2.24, 2.45) is 0 Å². The Morgan fingerprint density at radius 3 is 2.50 bits per heavy atom. The summed E-state index contributed by atoms with van der Waals surface area (Å²) in [6, 6.07) is 0. The van der Waals surface area contributed by atoms with E-state index in [1.807, 2.05) is 12.4 Å². The van der Waals surface area contributed by atoms with Crippen molar-refractivity contribution in [2.45, 2.75) is 26.7 Å². The first kappa shape index (κ1) is 10.7. The molecule has 0 aliphatic rings. The first-order valence-electron chi connectivity index (χ1n) is 3.83. The number of carbonyl (C=O) groups excluding carboxylic acids is 2. The maximum atomic E-state index is 10.7. The normalized spacial score (nSPS) is 8.83. The monoisotopic (exact) mass is 175 g/mol. The zero-order chi connectivity index (χ0) is 9.40. The average Bonchev–Trinajstić information content (AvgIpc) is 2.02. The zero-order valence-corrected chi connectivity index (χ0v) is 7.25. The molecule has 0 atom stereocenters. The molecule has 70 valence electrons. The molecule has 0 aromatic carbocycles. The predicted octanol–water partition coefficient (Wildman–Crippen LogP) is 0.991. The van der Waals surface area contributed by atoms with Gasteiger partial charge in [-0.1, -0.05) is 6.92 Å². The molecule has 0 aromatic rings. The molecule has 12 heavy (non-hydrogen) atoms. The zero-order valence-electron chi connectivity index (χ0n) is 7.25. The smallest absolute Gasteiger partial charge is 0.440 e. The Labute approximate surface area is 71.0 Å². The fourth-order valence-corrected chi connectivity index (χ4v) is 0.514. The summed E-state index contributed by atoms with van der Waals surface area (Å²) in [7, 11) is 0. The van der Waals surface area contributed by atoms with Crippen LogP contribution in [0.2, 0.25) is 0 Å². The van der Waals surface area contributed by atoms with Crippen LogP contribution in [-0.2, 0) is 14.4 Å². The molecular weight excluding hydrogens is 162 g/mol. The third kappa shape index (κ3) is 5.52. The molecular formula is C7H13NO4. The molecule has 1 N–H and O–H groups in total. The highest BCUT2D eigenvalue weighted by Crippen LogP contribution is 1.88. The minimum absolute atomic E-state index is 0.247. The Morgan fingerprint density at radius 2 is 2.00 bits per heavy atom. The first-order chi connectivity index (χ1) is 5.70. The Balaban J connectivity index is 3.40. The predicted molar refractivity (Wildman–Crippen MR) is 41.2 cm³/mol. The molecule has 1 amide bonds. The van der Waals surface area contributed by atoms with E-state index in [0.29, 0.717) is 6.42 Å². The summed E-state index contributed by atoms with van der Waals surface area (Å²) in [4.78, 5) is 25.5. The van der Waals surface area contributed by atoms with Crippen LogP contribution >= 0.6 is 0 Å². The molecule has 0 saturated heterocycles. The summed E-state index contributed by atoms with van der Waals surface area (Å²) in [5.74, 6) is -0.467. The Kier molecular flexibility index (Phi) is 5.77. The topological polar surface area (TPSA) is 64.6 Å². The van der Waals surface area contributed by atoms with Crippen LogP contribution < -0.4 is 5.48 Å². The lowest BCUT2D eigenvalue weighted by Crippen LogP contribution is -2.27. The number of amides is 1. The van der Waals surface area contributed by atoms with E-state index >= 15 is 0 Å². The number of hydroxylamine groups is 1. The third-order valence-corrected chi connectivity index (χ3v) is 0.978. The maximum Gasteiger partial charge on any atom is 0.440 e. The highest BCUT2D eigenvalue weighted by Gasteiger charge is 2.04. The van der Waals surface area contributed by atoms with Crippen molar-refractivity contribution in [3.8, 4) is 0 Å². The van der Waals surface area contributed by atoms with Gasteiger partial charge >= 0.3 is 12.1 Å². The number of hydrogen-bond donors (Lipinski definition) is 1. The van der Waals surface area contributed by atoms with E-state index < -0.39 is 12.1 Å². The Morgan fingerprint density at radius 1 is 1.33 bits per heavy atom. The molecule has 0 spiro atoms. The van der Waals surface area contributed by atoms with Crippen LogP contribution in [0.25, 0.3) is 0 Å². The number of ether oxygens (including phenoxy) is 1. The minimum Gasteiger partial charge on any atom is -0.448 e. The molecule has 0 fully saturated rings. The lowest BCUT2D eigenvalue weighted by Gasteiger charge is -2.03. The van der Waals surface area contributed by atoms with Crippen molar-refractivity contribution in [1.29, 1.82) is 0 Å². The molecule has 0 aliphatic carbocycles. The SMILES string of the molecule is CCCC(=O)ONC(=O)OCC. The molecule has 5 heteroatoms. The highest BCUT2D eigenvalue weighted by atomic mass is 16.7. The summed E-state index contributed by atoms with van der Waals surface area (Å²) in [5.41, 5.74) is 1.86. The van der Waals surface area contributed by atoms with Gasteiger partial charge in [0.2, 0.25) is 0 Å². The summed E-state index contributed by atoms with van der Waals surface area (Å²) >= 11 is 0. The molecule has 0 radical (unpaired) electrons. The molecule has 0 saturated carbocycles. The molecule has 0 heterocycles. The van der Waals surface area contributed by atoms with Gasteiger partial charge in [-0.15, -0.1) is 5.48 Å². The first-order valence-corrected chi connectivity index (χ1v) is 3.83. The van der Waals surface area contributed by atoms with Crippen LogP contribution in [0.5, 0.6) is 0 Å². The average molecular weight is 175 g/mol. The van der Waals surface area contributed by atoms with Crippen LogP contribution in [0.15, 0.2) is 0 Å². The number of rotatable bonds is 3. The molecule has 0 aliphatic heterocycles. The summed E-state index contributed by atoms with van der Waals surface area (Å²) < 4.78 is 4.44. The standard InChI is InChI=1S/C7H13NO4/c1-3-5-6(9)12-8-7(10)11-4-2/h3-5H2,1-2H3,(H,8,10). The number of hydrogen-bond acceptors (Lipinski definition) is 4. The van der Waals surface area contributed by atoms with Gasteiger partial charge in [-0.2, -0.15) is 0 Å². The molecule has 0 rings (SSSR count). The largest absolute Gasteiger partial charge is 0.448 e. The van der Waals surface area contributed by atoms with E-state index in [-0.39, 0.29) is 13.0 Å². The van der Waals surface area contributed by atoms with E-state index in [4.69, 9.17) is 0 Å². The van der Waals surface area contributed by atoms with Gasteiger partial charge in [-0.3, -0.25) is 0 Å². The van der Waals surface area contributed by atoms with Gasteiger partial charge in [0.1, 0.15) is 0 Å². The number of carbonyl (C=O) groups is 2. The van der Waals surface area contributed by atoms with Crippen molar-refractivity contribution in [2.75, 3.05) is 6.61 Å². The van der Waals surface area contributed by atoms with E-state index in [1.54, 1.807) is 6.92 Å². The van der Waals surface area contributed by atoms with Gasteiger partial charge in [0.25, 0.3) is 0 Å². The molecule has 0 bridgehead atoms. The number of nitrogens with one attached hydrogen (secondary N) is 1. The van der Waals surface area contributed by atoms with E-state index in [2.05, 4.69) is 9.57 Å². The molecule has 0 unspecified atom stereocenters. The van der Waals surface area contributed by atoms with Gasteiger partial charge in [-0.05, 0) is 13.3 Å². The van der Waals surface area contributed by atoms with Crippen molar-refractivity contribution in [3.63, 3.8) is 0 Å². The lowest BCUT2D eigenvalue weighted by molar-refractivity contribution is -0.149. The van der Waals surface area contributed by atoms with Crippen LogP contribution in [0.4, 0.5) is 4.79 Å². The maximum absolute atomic E-state index is 10.7. The van der Waals surface area contributed by atoms with Gasteiger partial charge < -0.3 is 9.57 Å². The van der Waals surface area contributed by atoms with Crippen LogP contribution in [0.1, 0.15) is 26.7 Å². The van der Waals surface area contributed by atoms with Gasteiger partial charge in [-0.25, -0.2) is 9.59 Å². The van der Waals surface area contributed by atoms with Crippen LogP contribution in [0, 0.1) is 0 Å². The fraction of sp³-hybridized carbons (Fsp3) is 0.714. The highest BCUT2D eigenvalue weighted by molar-refractivity contribution is 5.72. The molecule has 5 nitrogen and oxygen atoms in total. The Hall–Kier alpha value is -1.26. The van der Waals surface area contributed by atoms with Crippen LogP contribution in [0.3, 0.4) is 0 Å². The van der Waals surface area contributed by atoms with Gasteiger partial charge in [0.15, 0.2) is 0 Å². The second-order valence-electron chi connectivity index (χ2n) is 2.05. The minimum atomic E-state index is -0.748. The van der Waals surface area contributed by atoms with Crippen molar-refractivity contribution >= 4 is 12.1 Å². The summed E-state index contributed by atoms with van der Waals surface area (Å²) in [5, 5.41) is 0. The second kappa shape index (κ2) is 6.45. The van der Waals surface area contributed by atoms with Gasteiger partial charge in [0, 0.05) is 6.42 Å². The van der Waals surface area contributed by atoms with Crippen molar-refractivity contribution in [1.82, 2.24) is 5.48 Å². The van der Waals surface area contributed by atoms with E-state index in [1.165, 1.54) is 0 Å². The second-order valence-corrected chi connectivity index (χ2v) is 2.05. The quantitative estimate of drug-likeness (QED) is 0.649. The summed E-state index contributed by atoms with van der Waals surface area (Å²) in [6.45, 7) is 3.75. The van der Waals surface area contributed by atoms with Crippen LogP contribution in [-0.4, -0.2) is 18.7 Å². The third-order valence-electron chi connectivity index (χ3n) is 0.978. The van der Waals surface area contributed by atoms with E-state index in [0.717, 1.165) is 0 Å².